The summed E-state index contributed by atoms with van der Waals surface area (Å²) in [4.78, 5) is 15.9. The molecule has 2 heterocycles. The molecular weight excluding hydrogens is 292 g/mol. The van der Waals surface area contributed by atoms with E-state index in [-0.39, 0.29) is 6.42 Å². The van der Waals surface area contributed by atoms with Crippen LogP contribution in [-0.4, -0.2) is 22.6 Å². The number of halogens is 1. The summed E-state index contributed by atoms with van der Waals surface area (Å²) in [6.07, 6.45) is 0.851. The maximum Gasteiger partial charge on any atom is 0.309 e. The number of carboxylic acid groups (broad SMARTS) is 1. The minimum absolute atomic E-state index is 0.0291. The van der Waals surface area contributed by atoms with Crippen LogP contribution in [0.5, 0.6) is 0 Å². The first-order valence-electron chi connectivity index (χ1n) is 5.28. The van der Waals surface area contributed by atoms with Gasteiger partial charge in [0.2, 0.25) is 0 Å². The molecule has 2 aromatic heterocycles. The Morgan fingerprint density at radius 2 is 2.33 bits per heavy atom. The van der Waals surface area contributed by atoms with E-state index in [1.807, 2.05) is 12.1 Å². The molecule has 0 radical (unpaired) electrons. The van der Waals surface area contributed by atoms with Gasteiger partial charge in [-0.1, -0.05) is 11.6 Å². The second-order valence-electron chi connectivity index (χ2n) is 3.60. The zero-order valence-corrected chi connectivity index (χ0v) is 11.7. The lowest BCUT2D eigenvalue weighted by molar-refractivity contribution is -0.136. The molecule has 0 spiro atoms. The van der Waals surface area contributed by atoms with E-state index in [1.165, 1.54) is 16.2 Å². The van der Waals surface area contributed by atoms with Gasteiger partial charge in [-0.05, 0) is 18.6 Å². The number of hydrogen-bond donors (Lipinski definition) is 2. The van der Waals surface area contributed by atoms with Gasteiger partial charge in [-0.15, -0.1) is 22.7 Å². The Morgan fingerprint density at radius 3 is 3.00 bits per heavy atom. The normalized spacial score (nSPS) is 10.5. The number of nitrogens with one attached hydrogen (secondary N) is 1. The summed E-state index contributed by atoms with van der Waals surface area (Å²) in [5, 5.41) is 14.3. The average Bonchev–Trinajstić information content (AvgIpc) is 2.88. The highest BCUT2D eigenvalue weighted by Gasteiger charge is 2.05. The van der Waals surface area contributed by atoms with E-state index in [1.54, 1.807) is 16.7 Å². The first-order valence-corrected chi connectivity index (χ1v) is 7.35. The quantitative estimate of drug-likeness (QED) is 0.860. The lowest BCUT2D eigenvalue weighted by Gasteiger charge is -2.00. The zero-order valence-electron chi connectivity index (χ0n) is 9.35. The van der Waals surface area contributed by atoms with Crippen LogP contribution < -0.4 is 5.32 Å². The smallest absolute Gasteiger partial charge is 0.309 e. The van der Waals surface area contributed by atoms with Crippen molar-refractivity contribution in [1.29, 1.82) is 0 Å². The molecule has 0 fully saturated rings. The van der Waals surface area contributed by atoms with Crippen molar-refractivity contribution in [2.45, 2.75) is 12.8 Å². The largest absolute Gasteiger partial charge is 0.481 e. The second kappa shape index (κ2) is 6.17. The number of thiophene rings is 1. The first kappa shape index (κ1) is 13.3. The van der Waals surface area contributed by atoms with Crippen molar-refractivity contribution in [1.82, 2.24) is 4.98 Å². The van der Waals surface area contributed by atoms with Gasteiger partial charge >= 0.3 is 5.97 Å². The fourth-order valence-electron chi connectivity index (χ4n) is 1.40. The molecule has 0 aliphatic carbocycles. The number of carboxylic acids is 1. The number of nitrogens with zero attached hydrogens (tertiary/aromatic N) is 1. The predicted molar refractivity (Wildman–Crippen MR) is 75.0 cm³/mol. The number of anilines is 1. The fourth-order valence-corrected chi connectivity index (χ4v) is 3.23. The van der Waals surface area contributed by atoms with E-state index < -0.39 is 5.97 Å². The number of rotatable bonds is 6. The molecule has 7 heteroatoms. The number of hydrogen-bond acceptors (Lipinski definition) is 5. The van der Waals surface area contributed by atoms with Gasteiger partial charge in [-0.25, -0.2) is 4.98 Å². The van der Waals surface area contributed by atoms with E-state index in [0.29, 0.717) is 5.69 Å². The molecule has 0 aliphatic rings. The zero-order chi connectivity index (χ0) is 13.0. The summed E-state index contributed by atoms with van der Waals surface area (Å²) in [6, 6.07) is 3.89. The lowest BCUT2D eigenvalue weighted by Crippen LogP contribution is -2.04. The van der Waals surface area contributed by atoms with Crippen molar-refractivity contribution in [2.24, 2.45) is 0 Å². The van der Waals surface area contributed by atoms with E-state index in [2.05, 4.69) is 10.3 Å². The van der Waals surface area contributed by atoms with Gasteiger partial charge in [0.25, 0.3) is 0 Å². The Balaban J connectivity index is 1.79. The molecule has 0 aliphatic heterocycles. The molecule has 0 bridgehead atoms. The average molecular weight is 303 g/mol. The fraction of sp³-hybridized carbons (Fsp3) is 0.273. The van der Waals surface area contributed by atoms with Gasteiger partial charge in [0.1, 0.15) is 0 Å². The highest BCUT2D eigenvalue weighted by Crippen LogP contribution is 2.22. The summed E-state index contributed by atoms with van der Waals surface area (Å²) in [6.45, 7) is 0.761. The van der Waals surface area contributed by atoms with Crippen LogP contribution in [-0.2, 0) is 17.6 Å². The Morgan fingerprint density at radius 1 is 1.50 bits per heavy atom. The number of thiazole rings is 1. The van der Waals surface area contributed by atoms with E-state index in [0.717, 1.165) is 22.4 Å². The van der Waals surface area contributed by atoms with Crippen molar-refractivity contribution in [3.63, 3.8) is 0 Å². The number of carbonyl (C=O) groups is 1. The maximum atomic E-state index is 10.5. The predicted octanol–water partition coefficient (Wildman–Crippen LogP) is 3.14. The van der Waals surface area contributed by atoms with Gasteiger partial charge < -0.3 is 10.4 Å². The monoisotopic (exact) mass is 302 g/mol. The summed E-state index contributed by atoms with van der Waals surface area (Å²) in [5.41, 5.74) is 0.592. The molecular formula is C11H11ClN2O2S2. The van der Waals surface area contributed by atoms with Gasteiger partial charge in [-0.3, -0.25) is 4.79 Å². The Bertz CT molecular complexity index is 539. The third-order valence-electron chi connectivity index (χ3n) is 2.16. The van der Waals surface area contributed by atoms with Gasteiger partial charge in [0.15, 0.2) is 5.13 Å². The second-order valence-corrected chi connectivity index (χ2v) is 6.25. The molecule has 2 N–H and O–H groups in total. The third kappa shape index (κ3) is 3.97. The standard InChI is InChI=1S/C11H11ClN2O2S2/c12-9-2-1-8(18-9)3-4-13-11-14-7(6-17-11)5-10(15)16/h1-2,6H,3-5H2,(H,13,14)(H,15,16). The summed E-state index contributed by atoms with van der Waals surface area (Å²) >= 11 is 8.83. The van der Waals surface area contributed by atoms with Crippen LogP contribution in [0.15, 0.2) is 17.5 Å². The van der Waals surface area contributed by atoms with Crippen molar-refractivity contribution >= 4 is 45.4 Å². The number of aromatic nitrogens is 1. The molecule has 0 aromatic carbocycles. The SMILES string of the molecule is O=C(O)Cc1csc(NCCc2ccc(Cl)s2)n1. The third-order valence-corrected chi connectivity index (χ3v) is 4.30. The summed E-state index contributed by atoms with van der Waals surface area (Å²) in [5.74, 6) is -0.861. The van der Waals surface area contributed by atoms with Crippen molar-refractivity contribution in [3.05, 3.63) is 32.4 Å². The molecule has 96 valence electrons. The Kier molecular flexibility index (Phi) is 4.57. The van der Waals surface area contributed by atoms with Crippen molar-refractivity contribution in [2.75, 3.05) is 11.9 Å². The molecule has 2 aromatic rings. The van der Waals surface area contributed by atoms with Gasteiger partial charge in [0, 0.05) is 16.8 Å². The maximum absolute atomic E-state index is 10.5. The van der Waals surface area contributed by atoms with Crippen LogP contribution in [0, 0.1) is 0 Å². The molecule has 0 saturated carbocycles. The highest BCUT2D eigenvalue weighted by molar-refractivity contribution is 7.16. The minimum Gasteiger partial charge on any atom is -0.481 e. The van der Waals surface area contributed by atoms with E-state index in [9.17, 15) is 4.79 Å². The summed E-state index contributed by atoms with van der Waals surface area (Å²) < 4.78 is 0.794. The van der Waals surface area contributed by atoms with Gasteiger partial charge in [-0.2, -0.15) is 0 Å². The molecule has 0 saturated heterocycles. The highest BCUT2D eigenvalue weighted by atomic mass is 35.5. The molecule has 2 rings (SSSR count). The van der Waals surface area contributed by atoms with Crippen LogP contribution in [0.4, 0.5) is 5.13 Å². The molecule has 0 atom stereocenters. The van der Waals surface area contributed by atoms with Crippen molar-refractivity contribution < 1.29 is 9.90 Å². The first-order chi connectivity index (χ1) is 8.63. The van der Waals surface area contributed by atoms with E-state index in [4.69, 9.17) is 16.7 Å². The van der Waals surface area contributed by atoms with Crippen LogP contribution in [0.25, 0.3) is 0 Å². The van der Waals surface area contributed by atoms with Crippen LogP contribution in [0.2, 0.25) is 4.34 Å². The molecule has 0 amide bonds. The van der Waals surface area contributed by atoms with Crippen LogP contribution in [0.3, 0.4) is 0 Å². The van der Waals surface area contributed by atoms with E-state index >= 15 is 0 Å². The Hall–Kier alpha value is -1.11. The lowest BCUT2D eigenvalue weighted by atomic mass is 10.3. The van der Waals surface area contributed by atoms with Gasteiger partial charge in [0.05, 0.1) is 16.5 Å². The molecule has 18 heavy (non-hydrogen) atoms. The van der Waals surface area contributed by atoms with Crippen molar-refractivity contribution in [3.8, 4) is 0 Å². The van der Waals surface area contributed by atoms with Crippen LogP contribution >= 0.6 is 34.3 Å². The number of aliphatic carboxylic acids is 1. The molecule has 0 unspecified atom stereocenters. The topological polar surface area (TPSA) is 62.2 Å². The van der Waals surface area contributed by atoms with Crippen LogP contribution in [0.1, 0.15) is 10.6 Å². The Labute approximate surface area is 117 Å². The minimum atomic E-state index is -0.861. The molecule has 4 nitrogen and oxygen atoms in total. The summed E-state index contributed by atoms with van der Waals surface area (Å²) in [7, 11) is 0.